The molecular formula is C26H22BrCl3N4O3S. The molecule has 0 aliphatic heterocycles. The lowest BCUT2D eigenvalue weighted by atomic mass is 10.2. The predicted molar refractivity (Wildman–Crippen MR) is 156 cm³/mol. The number of hydrogen-bond acceptors (Lipinski definition) is 5. The Morgan fingerprint density at radius 3 is 2.37 bits per heavy atom. The van der Waals surface area contributed by atoms with Gasteiger partial charge in [-0.15, -0.1) is 0 Å². The molecule has 4 rings (SSSR count). The summed E-state index contributed by atoms with van der Waals surface area (Å²) in [6, 6.07) is 18.3. The first-order valence-corrected chi connectivity index (χ1v) is 14.7. The summed E-state index contributed by atoms with van der Waals surface area (Å²) in [6.45, 7) is 0.180. The van der Waals surface area contributed by atoms with Gasteiger partial charge in [-0.25, -0.2) is 8.42 Å². The van der Waals surface area contributed by atoms with Crippen molar-refractivity contribution in [3.8, 4) is 0 Å². The highest BCUT2D eigenvalue weighted by molar-refractivity contribution is 9.10. The molecule has 0 bridgehead atoms. The van der Waals surface area contributed by atoms with Gasteiger partial charge in [0, 0.05) is 56.4 Å². The summed E-state index contributed by atoms with van der Waals surface area (Å²) in [5, 5.41) is 8.27. The zero-order valence-electron chi connectivity index (χ0n) is 19.8. The molecule has 0 saturated heterocycles. The van der Waals surface area contributed by atoms with E-state index in [2.05, 4.69) is 31.5 Å². The van der Waals surface area contributed by atoms with Gasteiger partial charge in [0.25, 0.3) is 0 Å². The second kappa shape index (κ2) is 12.6. The molecule has 0 fully saturated rings. The topological polar surface area (TPSA) is 91.4 Å². The molecule has 38 heavy (non-hydrogen) atoms. The van der Waals surface area contributed by atoms with Crippen LogP contribution in [0.1, 0.15) is 5.56 Å². The summed E-state index contributed by atoms with van der Waals surface area (Å²) >= 11 is 21.7. The minimum absolute atomic E-state index is 0.0601. The Morgan fingerprint density at radius 2 is 1.63 bits per heavy atom. The van der Waals surface area contributed by atoms with Crippen molar-refractivity contribution in [1.82, 2.24) is 14.6 Å². The fourth-order valence-corrected chi connectivity index (χ4v) is 5.99. The molecule has 1 aromatic heterocycles. The van der Waals surface area contributed by atoms with Gasteiger partial charge in [0.15, 0.2) is 0 Å². The van der Waals surface area contributed by atoms with Crippen LogP contribution in [0.15, 0.2) is 82.3 Å². The molecule has 0 aliphatic rings. The third kappa shape index (κ3) is 7.16. The lowest BCUT2D eigenvalue weighted by Crippen LogP contribution is -2.41. The molecule has 0 atom stereocenters. The van der Waals surface area contributed by atoms with Crippen LogP contribution < -0.4 is 10.6 Å². The summed E-state index contributed by atoms with van der Waals surface area (Å²) in [5.74, 6) is -0.455. The fraction of sp³-hybridized carbons (Fsp3) is 0.154. The zero-order valence-corrected chi connectivity index (χ0v) is 24.5. The third-order valence-electron chi connectivity index (χ3n) is 5.60. The van der Waals surface area contributed by atoms with E-state index in [1.807, 2.05) is 12.1 Å². The number of pyridine rings is 1. The van der Waals surface area contributed by atoms with Gasteiger partial charge in [0.2, 0.25) is 15.9 Å². The van der Waals surface area contributed by atoms with Gasteiger partial charge in [0.05, 0.1) is 17.0 Å². The van der Waals surface area contributed by atoms with Crippen molar-refractivity contribution in [3.63, 3.8) is 0 Å². The third-order valence-corrected chi connectivity index (χ3v) is 8.76. The lowest BCUT2D eigenvalue weighted by Gasteiger charge is -2.22. The van der Waals surface area contributed by atoms with Crippen molar-refractivity contribution in [2.24, 2.45) is 0 Å². The van der Waals surface area contributed by atoms with E-state index in [0.717, 1.165) is 25.4 Å². The van der Waals surface area contributed by atoms with E-state index in [1.54, 1.807) is 42.6 Å². The molecule has 1 heterocycles. The quantitative estimate of drug-likeness (QED) is 0.194. The first kappa shape index (κ1) is 28.6. The number of rotatable bonds is 10. The summed E-state index contributed by atoms with van der Waals surface area (Å²) in [4.78, 5) is 17.2. The molecule has 7 nitrogen and oxygen atoms in total. The molecule has 0 saturated carbocycles. The Morgan fingerprint density at radius 1 is 0.921 bits per heavy atom. The van der Waals surface area contributed by atoms with Crippen LogP contribution in [0.4, 0.5) is 5.69 Å². The number of carbonyl (C=O) groups is 1. The van der Waals surface area contributed by atoms with Crippen molar-refractivity contribution >= 4 is 83.3 Å². The number of fused-ring (bicyclic) bond motifs is 1. The normalized spacial score (nSPS) is 11.6. The predicted octanol–water partition coefficient (Wildman–Crippen LogP) is 6.38. The van der Waals surface area contributed by atoms with Crippen molar-refractivity contribution in [2.75, 3.05) is 25.0 Å². The second-order valence-electron chi connectivity index (χ2n) is 8.26. The number of carbonyl (C=O) groups excluding carboxylic acids is 1. The minimum atomic E-state index is -4.01. The maximum Gasteiger partial charge on any atom is 0.243 e. The summed E-state index contributed by atoms with van der Waals surface area (Å²) in [6.07, 6.45) is 1.67. The number of amides is 1. The van der Waals surface area contributed by atoms with E-state index >= 15 is 0 Å². The maximum atomic E-state index is 13.5. The number of nitrogens with one attached hydrogen (secondary N) is 2. The standard InChI is InChI=1S/C26H22BrCl3N4O3S/c27-18-2-6-21(7-3-18)38(36,37)34(15-17-1-4-19(28)13-23(17)30)16-26(35)33-12-11-32-24-9-10-31-25-14-20(29)5-8-22(24)25/h1-10,13-14H,11-12,15-16H2,(H,31,32)(H,33,35). The molecule has 0 aliphatic carbocycles. The lowest BCUT2D eigenvalue weighted by molar-refractivity contribution is -0.121. The van der Waals surface area contributed by atoms with Crippen LogP contribution in [0.2, 0.25) is 15.1 Å². The molecule has 4 aromatic rings. The van der Waals surface area contributed by atoms with Crippen LogP contribution in [0.25, 0.3) is 10.9 Å². The number of nitrogens with zero attached hydrogens (tertiary/aromatic N) is 2. The summed E-state index contributed by atoms with van der Waals surface area (Å²) in [5.41, 5.74) is 2.12. The zero-order chi connectivity index (χ0) is 27.3. The second-order valence-corrected chi connectivity index (χ2v) is 12.4. The van der Waals surface area contributed by atoms with Crippen molar-refractivity contribution in [1.29, 1.82) is 0 Å². The van der Waals surface area contributed by atoms with Gasteiger partial charge >= 0.3 is 0 Å². The molecule has 2 N–H and O–H groups in total. The van der Waals surface area contributed by atoms with Gasteiger partial charge in [-0.1, -0.05) is 56.8 Å². The Labute approximate surface area is 244 Å². The number of anilines is 1. The molecule has 3 aromatic carbocycles. The Kier molecular flexibility index (Phi) is 9.51. The van der Waals surface area contributed by atoms with Gasteiger partial charge < -0.3 is 10.6 Å². The number of benzene rings is 3. The van der Waals surface area contributed by atoms with E-state index in [-0.39, 0.29) is 18.0 Å². The monoisotopic (exact) mass is 654 g/mol. The van der Waals surface area contributed by atoms with Crippen LogP contribution >= 0.6 is 50.7 Å². The molecule has 0 radical (unpaired) electrons. The van der Waals surface area contributed by atoms with E-state index < -0.39 is 22.5 Å². The number of hydrogen-bond donors (Lipinski definition) is 2. The van der Waals surface area contributed by atoms with E-state index in [9.17, 15) is 13.2 Å². The highest BCUT2D eigenvalue weighted by atomic mass is 79.9. The average Bonchev–Trinajstić information content (AvgIpc) is 2.87. The first-order valence-electron chi connectivity index (χ1n) is 11.4. The summed E-state index contributed by atoms with van der Waals surface area (Å²) < 4.78 is 28.7. The van der Waals surface area contributed by atoms with Crippen LogP contribution in [-0.2, 0) is 21.4 Å². The highest BCUT2D eigenvalue weighted by Crippen LogP contribution is 2.26. The molecule has 12 heteroatoms. The molecule has 198 valence electrons. The highest BCUT2D eigenvalue weighted by Gasteiger charge is 2.27. The Bertz CT molecular complexity index is 1570. The number of aromatic nitrogens is 1. The minimum Gasteiger partial charge on any atom is -0.383 e. The number of halogens is 4. The van der Waals surface area contributed by atoms with Crippen LogP contribution in [0, 0.1) is 0 Å². The van der Waals surface area contributed by atoms with E-state index in [0.29, 0.717) is 27.2 Å². The molecular weight excluding hydrogens is 635 g/mol. The van der Waals surface area contributed by atoms with Gasteiger partial charge in [-0.3, -0.25) is 9.78 Å². The SMILES string of the molecule is O=C(CN(Cc1ccc(Cl)cc1Cl)S(=O)(=O)c1ccc(Br)cc1)NCCNc1ccnc2cc(Cl)ccc12. The maximum absolute atomic E-state index is 13.5. The Hall–Kier alpha value is -2.40. The molecule has 0 spiro atoms. The van der Waals surface area contributed by atoms with Crippen molar-refractivity contribution in [2.45, 2.75) is 11.4 Å². The molecule has 1 amide bonds. The van der Waals surface area contributed by atoms with E-state index in [1.165, 1.54) is 18.2 Å². The summed E-state index contributed by atoms with van der Waals surface area (Å²) in [7, 11) is -4.01. The largest absolute Gasteiger partial charge is 0.383 e. The van der Waals surface area contributed by atoms with Crippen LogP contribution in [0.3, 0.4) is 0 Å². The van der Waals surface area contributed by atoms with Crippen molar-refractivity contribution < 1.29 is 13.2 Å². The van der Waals surface area contributed by atoms with Gasteiger partial charge in [0.1, 0.15) is 0 Å². The van der Waals surface area contributed by atoms with Crippen molar-refractivity contribution in [3.05, 3.63) is 98.0 Å². The average molecular weight is 657 g/mol. The first-order chi connectivity index (χ1) is 18.1. The number of sulfonamides is 1. The van der Waals surface area contributed by atoms with Gasteiger partial charge in [-0.2, -0.15) is 4.31 Å². The Balaban J connectivity index is 1.44. The smallest absolute Gasteiger partial charge is 0.243 e. The van der Waals surface area contributed by atoms with E-state index in [4.69, 9.17) is 34.8 Å². The van der Waals surface area contributed by atoms with Crippen LogP contribution in [-0.4, -0.2) is 43.2 Å². The molecule has 0 unspecified atom stereocenters. The van der Waals surface area contributed by atoms with Gasteiger partial charge in [-0.05, 0) is 66.2 Å². The fourth-order valence-electron chi connectivity index (χ4n) is 3.71. The van der Waals surface area contributed by atoms with Crippen LogP contribution in [0.5, 0.6) is 0 Å².